The third-order valence-corrected chi connectivity index (χ3v) is 6.24. The van der Waals surface area contributed by atoms with Gasteiger partial charge in [0.2, 0.25) is 5.91 Å². The second kappa shape index (κ2) is 10.9. The normalized spacial score (nSPS) is 11.7. The van der Waals surface area contributed by atoms with E-state index < -0.39 is 0 Å². The van der Waals surface area contributed by atoms with Crippen molar-refractivity contribution in [1.82, 2.24) is 15.1 Å². The summed E-state index contributed by atoms with van der Waals surface area (Å²) in [4.78, 5) is 26.2. The number of nitrogens with zero attached hydrogens (tertiary/aromatic N) is 2. The number of amides is 2. The number of aryl methyl sites for hydroxylation is 1. The molecule has 1 unspecified atom stereocenters. The van der Waals surface area contributed by atoms with Gasteiger partial charge in [-0.2, -0.15) is 5.10 Å². The molecule has 4 aromatic rings. The minimum atomic E-state index is -0.195. The summed E-state index contributed by atoms with van der Waals surface area (Å²) >= 11 is 1.59. The van der Waals surface area contributed by atoms with Gasteiger partial charge in [-0.15, -0.1) is 11.3 Å². The van der Waals surface area contributed by atoms with E-state index in [9.17, 15) is 9.59 Å². The predicted molar refractivity (Wildman–Crippen MR) is 133 cm³/mol. The molecule has 0 spiro atoms. The smallest absolute Gasteiger partial charge is 0.251 e. The summed E-state index contributed by atoms with van der Waals surface area (Å²) in [5.74, 6) is -0.309. The number of benzene rings is 2. The van der Waals surface area contributed by atoms with Gasteiger partial charge in [0, 0.05) is 24.1 Å². The summed E-state index contributed by atoms with van der Waals surface area (Å²) in [5, 5.41) is 12.1. The molecule has 0 saturated heterocycles. The Bertz CT molecular complexity index is 1270. The van der Waals surface area contributed by atoms with Gasteiger partial charge in [0.25, 0.3) is 5.91 Å². The molecule has 2 amide bonds. The van der Waals surface area contributed by atoms with Crippen LogP contribution in [0.5, 0.6) is 0 Å². The van der Waals surface area contributed by atoms with Crippen molar-refractivity contribution in [2.45, 2.75) is 19.4 Å². The second-order valence-corrected chi connectivity index (χ2v) is 8.87. The minimum absolute atomic E-state index is 0.114. The van der Waals surface area contributed by atoms with Crippen LogP contribution in [0.2, 0.25) is 0 Å². The maximum atomic E-state index is 12.7. The monoisotopic (exact) mass is 474 g/mol. The van der Waals surface area contributed by atoms with Crippen LogP contribution >= 0.6 is 11.3 Å². The van der Waals surface area contributed by atoms with E-state index in [0.29, 0.717) is 23.5 Å². The van der Waals surface area contributed by atoms with Crippen molar-refractivity contribution in [3.05, 3.63) is 100 Å². The summed E-state index contributed by atoms with van der Waals surface area (Å²) < 4.78 is 7.13. The number of carbonyl (C=O) groups excluding carboxylic acids is 2. The number of hydrogen-bond acceptors (Lipinski definition) is 5. The summed E-state index contributed by atoms with van der Waals surface area (Å²) in [7, 11) is 1.63. The lowest BCUT2D eigenvalue weighted by Gasteiger charge is -2.15. The van der Waals surface area contributed by atoms with Crippen LogP contribution in [0.1, 0.15) is 32.5 Å². The van der Waals surface area contributed by atoms with Crippen LogP contribution in [0.15, 0.2) is 78.4 Å². The molecule has 0 aliphatic rings. The molecule has 8 heteroatoms. The molecule has 1 atom stereocenters. The van der Waals surface area contributed by atoms with Crippen LogP contribution in [0.3, 0.4) is 0 Å². The van der Waals surface area contributed by atoms with Crippen molar-refractivity contribution in [2.75, 3.05) is 19.0 Å². The number of aromatic nitrogens is 2. The Morgan fingerprint density at radius 2 is 1.97 bits per heavy atom. The van der Waals surface area contributed by atoms with Gasteiger partial charge in [0.05, 0.1) is 30.2 Å². The highest BCUT2D eigenvalue weighted by atomic mass is 32.1. The molecule has 0 saturated carbocycles. The largest absolute Gasteiger partial charge is 0.374 e. The van der Waals surface area contributed by atoms with Crippen LogP contribution < -0.4 is 10.6 Å². The van der Waals surface area contributed by atoms with E-state index >= 15 is 0 Å². The third-order valence-electron chi connectivity index (χ3n) is 5.28. The van der Waals surface area contributed by atoms with Gasteiger partial charge in [0.1, 0.15) is 6.10 Å². The first-order chi connectivity index (χ1) is 16.5. The van der Waals surface area contributed by atoms with Crippen LogP contribution in [-0.2, 0) is 16.0 Å². The average molecular weight is 475 g/mol. The summed E-state index contributed by atoms with van der Waals surface area (Å²) in [5.41, 5.74) is 3.89. The number of methoxy groups -OCH3 is 1. The number of rotatable bonds is 9. The molecule has 2 aromatic carbocycles. The van der Waals surface area contributed by atoms with Gasteiger partial charge in [0.15, 0.2) is 0 Å². The minimum Gasteiger partial charge on any atom is -0.374 e. The van der Waals surface area contributed by atoms with Crippen molar-refractivity contribution >= 4 is 28.8 Å². The highest BCUT2D eigenvalue weighted by Crippen LogP contribution is 2.21. The van der Waals surface area contributed by atoms with E-state index in [1.54, 1.807) is 53.7 Å². The van der Waals surface area contributed by atoms with E-state index in [1.165, 1.54) is 0 Å². The van der Waals surface area contributed by atoms with Gasteiger partial charge in [-0.25, -0.2) is 4.68 Å². The summed E-state index contributed by atoms with van der Waals surface area (Å²) in [6.45, 7) is 2.37. The van der Waals surface area contributed by atoms with E-state index in [2.05, 4.69) is 15.7 Å². The Kier molecular flexibility index (Phi) is 7.51. The first kappa shape index (κ1) is 23.4. The lowest BCUT2D eigenvalue weighted by molar-refractivity contribution is -0.115. The zero-order valence-corrected chi connectivity index (χ0v) is 19.8. The highest BCUT2D eigenvalue weighted by molar-refractivity contribution is 7.10. The molecule has 0 bridgehead atoms. The second-order valence-electron chi connectivity index (χ2n) is 7.89. The average Bonchev–Trinajstić information content (AvgIpc) is 3.52. The van der Waals surface area contributed by atoms with E-state index in [1.807, 2.05) is 54.8 Å². The van der Waals surface area contributed by atoms with Crippen LogP contribution in [-0.4, -0.2) is 35.2 Å². The molecule has 7 nitrogen and oxygen atoms in total. The molecule has 0 radical (unpaired) electrons. The Morgan fingerprint density at radius 3 is 2.74 bits per heavy atom. The van der Waals surface area contributed by atoms with Crippen molar-refractivity contribution in [2.24, 2.45) is 0 Å². The van der Waals surface area contributed by atoms with Gasteiger partial charge in [-0.1, -0.05) is 42.0 Å². The number of carbonyl (C=O) groups is 2. The Balaban J connectivity index is 1.38. The lowest BCUT2D eigenvalue weighted by Crippen LogP contribution is -2.28. The van der Waals surface area contributed by atoms with Crippen molar-refractivity contribution in [1.29, 1.82) is 0 Å². The summed E-state index contributed by atoms with van der Waals surface area (Å²) in [6.07, 6.45) is 3.41. The molecule has 0 fully saturated rings. The zero-order chi connectivity index (χ0) is 23.9. The van der Waals surface area contributed by atoms with E-state index in [0.717, 1.165) is 16.0 Å². The molecule has 2 aromatic heterocycles. The fourth-order valence-electron chi connectivity index (χ4n) is 3.59. The quantitative estimate of drug-likeness (QED) is 0.373. The van der Waals surface area contributed by atoms with Crippen LogP contribution in [0.25, 0.3) is 5.69 Å². The molecule has 2 heterocycles. The predicted octanol–water partition coefficient (Wildman–Crippen LogP) is 4.54. The Hall–Kier alpha value is -3.75. The Labute approximate surface area is 202 Å². The van der Waals surface area contributed by atoms with Gasteiger partial charge in [-0.3, -0.25) is 9.59 Å². The first-order valence-electron chi connectivity index (χ1n) is 10.9. The maximum Gasteiger partial charge on any atom is 0.251 e. The first-order valence-corrected chi connectivity index (χ1v) is 11.7. The van der Waals surface area contributed by atoms with E-state index in [4.69, 9.17) is 4.74 Å². The third kappa shape index (κ3) is 5.98. The van der Waals surface area contributed by atoms with Crippen molar-refractivity contribution in [3.63, 3.8) is 0 Å². The number of anilines is 1. The number of nitrogens with one attached hydrogen (secondary N) is 2. The molecule has 174 valence electrons. The van der Waals surface area contributed by atoms with Crippen LogP contribution in [0, 0.1) is 6.92 Å². The molecule has 34 heavy (non-hydrogen) atoms. The number of thiophene rings is 1. The molecule has 4 rings (SSSR count). The van der Waals surface area contributed by atoms with Gasteiger partial charge < -0.3 is 15.4 Å². The topological polar surface area (TPSA) is 85.2 Å². The molecular weight excluding hydrogens is 448 g/mol. The lowest BCUT2D eigenvalue weighted by atomic mass is 10.1. The number of ether oxygens (including phenoxy) is 1. The van der Waals surface area contributed by atoms with E-state index in [-0.39, 0.29) is 24.3 Å². The fourth-order valence-corrected chi connectivity index (χ4v) is 4.40. The molecule has 0 aliphatic heterocycles. The highest BCUT2D eigenvalue weighted by Gasteiger charge is 2.15. The fraction of sp³-hybridized carbons (Fsp3) is 0.192. The van der Waals surface area contributed by atoms with Crippen LogP contribution in [0.4, 0.5) is 5.69 Å². The summed E-state index contributed by atoms with van der Waals surface area (Å²) in [6, 6.07) is 19.0. The standard InChI is InChI=1S/C26H26N4O3S/c1-18-6-3-7-19(12-18)13-25(31)29-21-15-28-30(17-21)22-9-4-8-20(14-22)26(32)27-16-23(33-2)24-10-5-11-34-24/h3-12,14-15,17,23H,13,16H2,1-2H3,(H,27,32)(H,29,31). The van der Waals surface area contributed by atoms with Gasteiger partial charge in [-0.05, 0) is 42.1 Å². The van der Waals surface area contributed by atoms with Crippen molar-refractivity contribution < 1.29 is 14.3 Å². The molecular formula is C26H26N4O3S. The maximum absolute atomic E-state index is 12.7. The zero-order valence-electron chi connectivity index (χ0n) is 19.0. The van der Waals surface area contributed by atoms with Crippen molar-refractivity contribution in [3.8, 4) is 5.69 Å². The molecule has 0 aliphatic carbocycles. The van der Waals surface area contributed by atoms with Gasteiger partial charge >= 0.3 is 0 Å². The Morgan fingerprint density at radius 1 is 1.12 bits per heavy atom. The SMILES string of the molecule is COC(CNC(=O)c1cccc(-n2cc(NC(=O)Cc3cccc(C)c3)cn2)c1)c1cccs1. The number of hydrogen-bond donors (Lipinski definition) is 2. The molecule has 2 N–H and O–H groups in total.